The second kappa shape index (κ2) is 4.46. The highest BCUT2D eigenvalue weighted by Crippen LogP contribution is 2.06. The molecule has 6 nitrogen and oxygen atoms in total. The van der Waals surface area contributed by atoms with Crippen LogP contribution >= 0.6 is 0 Å². The molecule has 0 spiro atoms. The Hall–Kier alpha value is -1.56. The van der Waals surface area contributed by atoms with Gasteiger partial charge in [-0.25, -0.2) is 4.79 Å². The van der Waals surface area contributed by atoms with E-state index in [2.05, 4.69) is 10.3 Å². The third-order valence-corrected chi connectivity index (χ3v) is 1.38. The maximum absolute atomic E-state index is 10.4. The molecule has 0 saturated carbocycles. The van der Waals surface area contributed by atoms with Crippen molar-refractivity contribution in [3.63, 3.8) is 0 Å². The number of aromatic carboxylic acids is 1. The lowest BCUT2D eigenvalue weighted by Gasteiger charge is -1.97. The van der Waals surface area contributed by atoms with Crippen molar-refractivity contribution < 1.29 is 14.3 Å². The fraction of sp³-hybridized carbons (Fsp3) is 0.429. The smallest absolute Gasteiger partial charge is 0.357 e. The number of rotatable bonds is 5. The Labute approximate surface area is 74.8 Å². The first-order chi connectivity index (χ1) is 6.24. The fourth-order valence-electron chi connectivity index (χ4n) is 0.751. The van der Waals surface area contributed by atoms with Crippen LogP contribution in [-0.2, 0) is 0 Å². The molecular formula is C7H11N3O3. The molecule has 0 atom stereocenters. The van der Waals surface area contributed by atoms with E-state index in [1.54, 1.807) is 0 Å². The molecular weight excluding hydrogens is 174 g/mol. The molecule has 0 amide bonds. The van der Waals surface area contributed by atoms with Crippen LogP contribution in [0.2, 0.25) is 0 Å². The van der Waals surface area contributed by atoms with Crippen molar-refractivity contribution >= 4 is 12.0 Å². The summed E-state index contributed by atoms with van der Waals surface area (Å²) in [5.74, 6) is -1.10. The van der Waals surface area contributed by atoms with Gasteiger partial charge in [0.15, 0.2) is 5.69 Å². The molecule has 0 radical (unpaired) electrons. The van der Waals surface area contributed by atoms with Crippen molar-refractivity contribution in [3.05, 3.63) is 12.0 Å². The van der Waals surface area contributed by atoms with E-state index in [0.717, 1.165) is 12.7 Å². The van der Waals surface area contributed by atoms with Gasteiger partial charge < -0.3 is 20.6 Å². The van der Waals surface area contributed by atoms with Gasteiger partial charge in [0.1, 0.15) is 6.26 Å². The summed E-state index contributed by atoms with van der Waals surface area (Å²) in [5.41, 5.74) is 5.16. The van der Waals surface area contributed by atoms with Crippen molar-refractivity contribution in [3.8, 4) is 0 Å². The van der Waals surface area contributed by atoms with Crippen LogP contribution in [0.15, 0.2) is 10.7 Å². The zero-order chi connectivity index (χ0) is 9.68. The zero-order valence-electron chi connectivity index (χ0n) is 6.99. The summed E-state index contributed by atoms with van der Waals surface area (Å²) in [6.45, 7) is 1.19. The summed E-state index contributed by atoms with van der Waals surface area (Å²) in [4.78, 5) is 14.0. The second-order valence-corrected chi connectivity index (χ2v) is 2.41. The van der Waals surface area contributed by atoms with E-state index in [1.807, 2.05) is 0 Å². The van der Waals surface area contributed by atoms with Crippen molar-refractivity contribution in [2.75, 3.05) is 18.4 Å². The molecule has 0 aliphatic carbocycles. The number of hydrogen-bond acceptors (Lipinski definition) is 5. The van der Waals surface area contributed by atoms with Gasteiger partial charge in [0.25, 0.3) is 6.01 Å². The van der Waals surface area contributed by atoms with E-state index in [-0.39, 0.29) is 11.7 Å². The number of nitrogens with zero attached hydrogens (tertiary/aromatic N) is 1. The Bertz CT molecular complexity index is 284. The van der Waals surface area contributed by atoms with Crippen LogP contribution in [0, 0.1) is 0 Å². The molecule has 4 N–H and O–H groups in total. The van der Waals surface area contributed by atoms with Crippen molar-refractivity contribution in [2.45, 2.75) is 6.42 Å². The van der Waals surface area contributed by atoms with Crippen LogP contribution in [-0.4, -0.2) is 29.1 Å². The Morgan fingerprint density at radius 1 is 1.77 bits per heavy atom. The van der Waals surface area contributed by atoms with Crippen LogP contribution in [0.1, 0.15) is 16.9 Å². The lowest BCUT2D eigenvalue weighted by Crippen LogP contribution is -2.08. The minimum Gasteiger partial charge on any atom is -0.476 e. The third-order valence-electron chi connectivity index (χ3n) is 1.38. The summed E-state index contributed by atoms with van der Waals surface area (Å²) in [7, 11) is 0. The molecule has 6 heteroatoms. The SMILES string of the molecule is NCCCNc1nc(C(=O)O)co1. The number of anilines is 1. The fourth-order valence-corrected chi connectivity index (χ4v) is 0.751. The summed E-state index contributed by atoms with van der Waals surface area (Å²) in [6.07, 6.45) is 1.87. The first-order valence-electron chi connectivity index (χ1n) is 3.87. The Balaban J connectivity index is 2.44. The largest absolute Gasteiger partial charge is 0.476 e. The number of carbonyl (C=O) groups is 1. The Morgan fingerprint density at radius 3 is 3.08 bits per heavy atom. The van der Waals surface area contributed by atoms with E-state index in [0.29, 0.717) is 13.1 Å². The van der Waals surface area contributed by atoms with E-state index in [9.17, 15) is 4.79 Å². The second-order valence-electron chi connectivity index (χ2n) is 2.41. The van der Waals surface area contributed by atoms with Gasteiger partial charge in [0.05, 0.1) is 0 Å². The number of nitrogens with one attached hydrogen (secondary N) is 1. The third kappa shape index (κ3) is 2.75. The monoisotopic (exact) mass is 185 g/mol. The molecule has 0 aromatic carbocycles. The molecule has 0 aliphatic rings. The van der Waals surface area contributed by atoms with Gasteiger partial charge in [-0.15, -0.1) is 0 Å². The average Bonchev–Trinajstić information content (AvgIpc) is 2.53. The van der Waals surface area contributed by atoms with Crippen LogP contribution in [0.25, 0.3) is 0 Å². The number of oxazole rings is 1. The number of carboxylic acids is 1. The molecule has 0 bridgehead atoms. The standard InChI is InChI=1S/C7H11N3O3/c8-2-1-3-9-7-10-5(4-13-7)6(11)12/h4H,1-3,8H2,(H,9,10)(H,11,12). The molecule has 0 saturated heterocycles. The van der Waals surface area contributed by atoms with E-state index in [4.69, 9.17) is 15.3 Å². The summed E-state index contributed by atoms with van der Waals surface area (Å²) in [5, 5.41) is 11.3. The summed E-state index contributed by atoms with van der Waals surface area (Å²) in [6, 6.07) is 0.214. The van der Waals surface area contributed by atoms with E-state index >= 15 is 0 Å². The number of carboxylic acid groups (broad SMARTS) is 1. The lowest BCUT2D eigenvalue weighted by molar-refractivity contribution is 0.0690. The summed E-state index contributed by atoms with van der Waals surface area (Å²) >= 11 is 0. The van der Waals surface area contributed by atoms with Gasteiger partial charge in [0, 0.05) is 6.54 Å². The highest BCUT2D eigenvalue weighted by molar-refractivity contribution is 5.85. The maximum Gasteiger partial charge on any atom is 0.357 e. The topological polar surface area (TPSA) is 101 Å². The van der Waals surface area contributed by atoms with Gasteiger partial charge in [-0.1, -0.05) is 0 Å². The summed E-state index contributed by atoms with van der Waals surface area (Å²) < 4.78 is 4.83. The van der Waals surface area contributed by atoms with Crippen LogP contribution in [0.4, 0.5) is 6.01 Å². The number of aromatic nitrogens is 1. The molecule has 13 heavy (non-hydrogen) atoms. The highest BCUT2D eigenvalue weighted by Gasteiger charge is 2.08. The molecule has 1 heterocycles. The molecule has 1 aromatic heterocycles. The molecule has 0 aliphatic heterocycles. The van der Waals surface area contributed by atoms with E-state index < -0.39 is 5.97 Å². The van der Waals surface area contributed by atoms with Gasteiger partial charge in [-0.3, -0.25) is 0 Å². The van der Waals surface area contributed by atoms with Crippen LogP contribution in [0.5, 0.6) is 0 Å². The van der Waals surface area contributed by atoms with Gasteiger partial charge >= 0.3 is 5.97 Å². The normalized spacial score (nSPS) is 9.92. The maximum atomic E-state index is 10.4. The minimum absolute atomic E-state index is 0.102. The highest BCUT2D eigenvalue weighted by atomic mass is 16.4. The first kappa shape index (κ1) is 9.53. The van der Waals surface area contributed by atoms with Crippen LogP contribution in [0.3, 0.4) is 0 Å². The van der Waals surface area contributed by atoms with Gasteiger partial charge in [0.2, 0.25) is 0 Å². The predicted octanol–water partition coefficient (Wildman–Crippen LogP) is 0.133. The average molecular weight is 185 g/mol. The van der Waals surface area contributed by atoms with Gasteiger partial charge in [-0.05, 0) is 13.0 Å². The molecule has 1 aromatic rings. The molecule has 0 unspecified atom stereocenters. The van der Waals surface area contributed by atoms with Crippen molar-refractivity contribution in [2.24, 2.45) is 5.73 Å². The minimum atomic E-state index is -1.10. The Kier molecular flexibility index (Phi) is 3.27. The Morgan fingerprint density at radius 2 is 2.54 bits per heavy atom. The molecule has 72 valence electrons. The zero-order valence-corrected chi connectivity index (χ0v) is 6.99. The number of nitrogens with two attached hydrogens (primary N) is 1. The predicted molar refractivity (Wildman–Crippen MR) is 45.6 cm³/mol. The van der Waals surface area contributed by atoms with Crippen LogP contribution < -0.4 is 11.1 Å². The molecule has 1 rings (SSSR count). The molecule has 0 fully saturated rings. The van der Waals surface area contributed by atoms with E-state index in [1.165, 1.54) is 0 Å². The number of hydrogen-bond donors (Lipinski definition) is 3. The van der Waals surface area contributed by atoms with Gasteiger partial charge in [-0.2, -0.15) is 4.98 Å². The first-order valence-corrected chi connectivity index (χ1v) is 3.87. The van der Waals surface area contributed by atoms with Crippen molar-refractivity contribution in [1.29, 1.82) is 0 Å². The quantitative estimate of drug-likeness (QED) is 0.564. The van der Waals surface area contributed by atoms with Crippen molar-refractivity contribution in [1.82, 2.24) is 4.98 Å². The lowest BCUT2D eigenvalue weighted by atomic mass is 10.4.